The van der Waals surface area contributed by atoms with Gasteiger partial charge < -0.3 is 24.8 Å². The van der Waals surface area contributed by atoms with Crippen LogP contribution in [0.25, 0.3) is 10.9 Å². The Morgan fingerprint density at radius 3 is 2.41 bits per heavy atom. The summed E-state index contributed by atoms with van der Waals surface area (Å²) in [5.74, 6) is 1.50. The molecule has 0 saturated carbocycles. The maximum Gasteiger partial charge on any atom is 0.323 e. The molecule has 6 heteroatoms. The highest BCUT2D eigenvalue weighted by atomic mass is 16.5. The number of benzene rings is 3. The molecule has 0 fully saturated rings. The molecule has 0 bridgehead atoms. The number of carbonyl (C=O) groups is 1. The van der Waals surface area contributed by atoms with Crippen molar-refractivity contribution in [2.75, 3.05) is 31.3 Å². The Hall–Kier alpha value is -3.77. The number of rotatable bonds is 7. The first-order chi connectivity index (χ1) is 15.5. The molecule has 1 aromatic heterocycles. The fourth-order valence-electron chi connectivity index (χ4n) is 3.50. The van der Waals surface area contributed by atoms with Crippen molar-refractivity contribution in [1.82, 2.24) is 9.47 Å². The van der Waals surface area contributed by atoms with Gasteiger partial charge in [0.05, 0.1) is 0 Å². The molecule has 0 unspecified atom stereocenters. The van der Waals surface area contributed by atoms with Crippen LogP contribution in [0.2, 0.25) is 0 Å². The average molecular weight is 429 g/mol. The van der Waals surface area contributed by atoms with Crippen LogP contribution in [0, 0.1) is 6.92 Å². The molecule has 6 nitrogen and oxygen atoms in total. The molecule has 0 aliphatic carbocycles. The minimum absolute atomic E-state index is 0.288. The third-order valence-corrected chi connectivity index (χ3v) is 5.15. The standard InChI is InChI=1S/C26H28N4O2/c1-19-5-4-6-24(17-19)32-23-10-7-21(8-11-23)27-26(31)28-22-9-12-25-20(18-22)13-14-30(25)16-15-29(2)3/h4-14,17-18H,15-16H2,1-3H3,(H2,27,28,31). The number of amides is 2. The first-order valence-electron chi connectivity index (χ1n) is 10.6. The van der Waals surface area contributed by atoms with E-state index < -0.39 is 0 Å². The summed E-state index contributed by atoms with van der Waals surface area (Å²) in [6.07, 6.45) is 2.08. The number of aromatic nitrogens is 1. The summed E-state index contributed by atoms with van der Waals surface area (Å²) in [5.41, 5.74) is 3.73. The van der Waals surface area contributed by atoms with Gasteiger partial charge in [-0.3, -0.25) is 0 Å². The zero-order chi connectivity index (χ0) is 22.5. The topological polar surface area (TPSA) is 58.5 Å². The van der Waals surface area contributed by atoms with Gasteiger partial charge >= 0.3 is 6.03 Å². The fourth-order valence-corrected chi connectivity index (χ4v) is 3.50. The minimum atomic E-state index is -0.288. The van der Waals surface area contributed by atoms with Gasteiger partial charge in [0.2, 0.25) is 0 Å². The number of hydrogen-bond donors (Lipinski definition) is 2. The van der Waals surface area contributed by atoms with Crippen LogP contribution in [-0.2, 0) is 6.54 Å². The van der Waals surface area contributed by atoms with Crippen molar-refractivity contribution in [3.05, 3.63) is 84.6 Å². The van der Waals surface area contributed by atoms with E-state index in [0.29, 0.717) is 11.4 Å². The van der Waals surface area contributed by atoms with Gasteiger partial charge in [-0.25, -0.2) is 4.79 Å². The van der Waals surface area contributed by atoms with E-state index in [1.165, 1.54) is 0 Å². The highest BCUT2D eigenvalue weighted by Crippen LogP contribution is 2.24. The van der Waals surface area contributed by atoms with Crippen LogP contribution in [-0.4, -0.2) is 36.1 Å². The van der Waals surface area contributed by atoms with E-state index >= 15 is 0 Å². The number of likely N-dealkylation sites (N-methyl/N-ethyl adjacent to an activating group) is 1. The van der Waals surface area contributed by atoms with E-state index in [4.69, 9.17) is 4.74 Å². The van der Waals surface area contributed by atoms with Crippen LogP contribution in [0.5, 0.6) is 11.5 Å². The Kier molecular flexibility index (Phi) is 6.42. The number of carbonyl (C=O) groups excluding carboxylic acids is 1. The van der Waals surface area contributed by atoms with E-state index in [1.807, 2.05) is 73.7 Å². The summed E-state index contributed by atoms with van der Waals surface area (Å²) in [6.45, 7) is 3.92. The molecule has 0 atom stereocenters. The lowest BCUT2D eigenvalue weighted by Gasteiger charge is -2.12. The molecule has 2 amide bonds. The summed E-state index contributed by atoms with van der Waals surface area (Å²) < 4.78 is 8.08. The quantitative estimate of drug-likeness (QED) is 0.383. The van der Waals surface area contributed by atoms with E-state index in [0.717, 1.165) is 41.0 Å². The number of anilines is 2. The SMILES string of the molecule is Cc1cccc(Oc2ccc(NC(=O)Nc3ccc4c(ccn4CCN(C)C)c3)cc2)c1. The molecule has 32 heavy (non-hydrogen) atoms. The molecule has 164 valence electrons. The molecule has 4 rings (SSSR count). The molecular formula is C26H28N4O2. The number of ether oxygens (including phenoxy) is 1. The second-order valence-electron chi connectivity index (χ2n) is 8.11. The summed E-state index contributed by atoms with van der Waals surface area (Å²) in [6, 6.07) is 22.9. The normalized spacial score (nSPS) is 11.0. The predicted octanol–water partition coefficient (Wildman–Crippen LogP) is 5.95. The maximum absolute atomic E-state index is 12.4. The van der Waals surface area contributed by atoms with Crippen molar-refractivity contribution in [2.24, 2.45) is 0 Å². The lowest BCUT2D eigenvalue weighted by atomic mass is 10.2. The van der Waals surface area contributed by atoms with E-state index in [2.05, 4.69) is 46.5 Å². The highest BCUT2D eigenvalue weighted by molar-refractivity contribution is 6.01. The van der Waals surface area contributed by atoms with Gasteiger partial charge in [-0.05, 0) is 87.2 Å². The molecule has 0 radical (unpaired) electrons. The predicted molar refractivity (Wildman–Crippen MR) is 131 cm³/mol. The second kappa shape index (κ2) is 9.58. The van der Waals surface area contributed by atoms with E-state index in [-0.39, 0.29) is 6.03 Å². The number of aryl methyl sites for hydroxylation is 1. The van der Waals surface area contributed by atoms with Crippen molar-refractivity contribution in [2.45, 2.75) is 13.5 Å². The first kappa shape index (κ1) is 21.5. The fraction of sp³-hybridized carbons (Fsp3) is 0.192. The summed E-state index contributed by atoms with van der Waals surface area (Å²) >= 11 is 0. The van der Waals surface area contributed by atoms with Crippen molar-refractivity contribution < 1.29 is 9.53 Å². The van der Waals surface area contributed by atoms with Crippen LogP contribution in [0.15, 0.2) is 79.0 Å². The van der Waals surface area contributed by atoms with Crippen molar-refractivity contribution in [3.8, 4) is 11.5 Å². The Morgan fingerprint density at radius 1 is 0.906 bits per heavy atom. The number of hydrogen-bond acceptors (Lipinski definition) is 3. The maximum atomic E-state index is 12.4. The van der Waals surface area contributed by atoms with Crippen molar-refractivity contribution >= 4 is 28.3 Å². The van der Waals surface area contributed by atoms with Gasteiger partial charge in [0.25, 0.3) is 0 Å². The first-order valence-corrected chi connectivity index (χ1v) is 10.6. The molecule has 1 heterocycles. The van der Waals surface area contributed by atoms with Gasteiger partial charge in [-0.2, -0.15) is 0 Å². The van der Waals surface area contributed by atoms with Crippen LogP contribution in [0.3, 0.4) is 0 Å². The Morgan fingerprint density at radius 2 is 1.66 bits per heavy atom. The summed E-state index contributed by atoms with van der Waals surface area (Å²) in [5, 5.41) is 6.86. The molecule has 0 saturated heterocycles. The largest absolute Gasteiger partial charge is 0.457 e. The smallest absolute Gasteiger partial charge is 0.323 e. The minimum Gasteiger partial charge on any atom is -0.457 e. The average Bonchev–Trinajstić information content (AvgIpc) is 3.16. The molecule has 3 aromatic carbocycles. The van der Waals surface area contributed by atoms with Crippen LogP contribution in [0.4, 0.5) is 16.2 Å². The van der Waals surface area contributed by atoms with Crippen LogP contribution < -0.4 is 15.4 Å². The molecule has 0 aliphatic heterocycles. The zero-order valence-electron chi connectivity index (χ0n) is 18.6. The Labute approximate surface area is 188 Å². The Balaban J connectivity index is 1.35. The van der Waals surface area contributed by atoms with Gasteiger partial charge in [-0.1, -0.05) is 12.1 Å². The van der Waals surface area contributed by atoms with Crippen molar-refractivity contribution in [3.63, 3.8) is 0 Å². The third kappa shape index (κ3) is 5.47. The zero-order valence-corrected chi connectivity index (χ0v) is 18.6. The van der Waals surface area contributed by atoms with Gasteiger partial charge in [-0.15, -0.1) is 0 Å². The molecule has 4 aromatic rings. The van der Waals surface area contributed by atoms with Gasteiger partial charge in [0.15, 0.2) is 0 Å². The summed E-state index contributed by atoms with van der Waals surface area (Å²) in [7, 11) is 4.13. The lowest BCUT2D eigenvalue weighted by molar-refractivity contribution is 0.262. The molecule has 0 aliphatic rings. The van der Waals surface area contributed by atoms with Crippen LogP contribution in [0.1, 0.15) is 5.56 Å². The second-order valence-corrected chi connectivity index (χ2v) is 8.11. The molecular weight excluding hydrogens is 400 g/mol. The third-order valence-electron chi connectivity index (χ3n) is 5.15. The number of nitrogens with one attached hydrogen (secondary N) is 2. The van der Waals surface area contributed by atoms with Gasteiger partial charge in [0, 0.05) is 41.6 Å². The highest BCUT2D eigenvalue weighted by Gasteiger charge is 2.07. The van der Waals surface area contributed by atoms with Crippen molar-refractivity contribution in [1.29, 1.82) is 0 Å². The van der Waals surface area contributed by atoms with Crippen LogP contribution >= 0.6 is 0 Å². The number of nitrogens with zero attached hydrogens (tertiary/aromatic N) is 2. The summed E-state index contributed by atoms with van der Waals surface area (Å²) in [4.78, 5) is 14.6. The van der Waals surface area contributed by atoms with Gasteiger partial charge in [0.1, 0.15) is 11.5 Å². The molecule has 2 N–H and O–H groups in total. The lowest BCUT2D eigenvalue weighted by Crippen LogP contribution is -2.19. The monoisotopic (exact) mass is 428 g/mol. The molecule has 0 spiro atoms. The van der Waals surface area contributed by atoms with E-state index in [1.54, 1.807) is 0 Å². The number of fused-ring (bicyclic) bond motifs is 1. The van der Waals surface area contributed by atoms with E-state index in [9.17, 15) is 4.79 Å². The Bertz CT molecular complexity index is 1210. The number of urea groups is 1.